The van der Waals surface area contributed by atoms with Crippen LogP contribution >= 0.6 is 0 Å². The van der Waals surface area contributed by atoms with E-state index >= 15 is 0 Å². The first-order valence-electron chi connectivity index (χ1n) is 6.62. The van der Waals surface area contributed by atoms with Crippen LogP contribution in [0.15, 0.2) is 66.7 Å². The van der Waals surface area contributed by atoms with E-state index in [9.17, 15) is 4.79 Å². The molecule has 0 radical (unpaired) electrons. The van der Waals surface area contributed by atoms with Crippen LogP contribution in [0.3, 0.4) is 0 Å². The van der Waals surface area contributed by atoms with Crippen molar-refractivity contribution in [2.45, 2.75) is 6.10 Å². The number of hydrogen-bond acceptors (Lipinski definition) is 2. The van der Waals surface area contributed by atoms with Gasteiger partial charge in [0.25, 0.3) is 0 Å². The zero-order valence-corrected chi connectivity index (χ0v) is 10.7. The van der Waals surface area contributed by atoms with Crippen molar-refractivity contribution in [3.8, 4) is 0 Å². The van der Waals surface area contributed by atoms with Gasteiger partial charge in [0, 0.05) is 11.1 Å². The van der Waals surface area contributed by atoms with Crippen molar-refractivity contribution in [3.05, 3.63) is 83.4 Å². The van der Waals surface area contributed by atoms with Gasteiger partial charge in [0.2, 0.25) is 0 Å². The molecule has 0 unspecified atom stereocenters. The SMILES string of the molecule is O=C1O[C@H](c2cccc3ccccc23)c2ccccc21. The third kappa shape index (κ3) is 1.55. The van der Waals surface area contributed by atoms with Crippen LogP contribution in [0.2, 0.25) is 0 Å². The van der Waals surface area contributed by atoms with Crippen LogP contribution in [0.5, 0.6) is 0 Å². The molecule has 0 saturated heterocycles. The minimum atomic E-state index is -0.301. The van der Waals surface area contributed by atoms with Gasteiger partial charge in [-0.1, -0.05) is 60.7 Å². The quantitative estimate of drug-likeness (QED) is 0.616. The molecule has 0 spiro atoms. The van der Waals surface area contributed by atoms with Gasteiger partial charge < -0.3 is 4.74 Å². The number of esters is 1. The van der Waals surface area contributed by atoms with Crippen molar-refractivity contribution in [2.24, 2.45) is 0 Å². The second kappa shape index (κ2) is 4.20. The molecule has 2 heteroatoms. The summed E-state index contributed by atoms with van der Waals surface area (Å²) in [6.45, 7) is 0. The lowest BCUT2D eigenvalue weighted by atomic mass is 9.95. The Labute approximate surface area is 116 Å². The number of carbonyl (C=O) groups excluding carboxylic acids is 1. The van der Waals surface area contributed by atoms with Crippen LogP contribution in [-0.2, 0) is 4.74 Å². The highest BCUT2D eigenvalue weighted by molar-refractivity contribution is 5.96. The van der Waals surface area contributed by atoms with E-state index in [0.717, 1.165) is 21.9 Å². The van der Waals surface area contributed by atoms with Crippen LogP contribution in [0, 0.1) is 0 Å². The highest BCUT2D eigenvalue weighted by Gasteiger charge is 2.32. The molecule has 1 atom stereocenters. The van der Waals surface area contributed by atoms with Crippen molar-refractivity contribution in [3.63, 3.8) is 0 Å². The van der Waals surface area contributed by atoms with E-state index in [1.165, 1.54) is 0 Å². The molecule has 4 rings (SSSR count). The largest absolute Gasteiger partial charge is 0.449 e. The standard InChI is InChI=1S/C18H12O2/c19-18-16-10-4-3-9-15(16)17(20-18)14-11-5-7-12-6-1-2-8-13(12)14/h1-11,17H/t17-/m1/s1. The molecule has 20 heavy (non-hydrogen) atoms. The summed E-state index contributed by atoms with van der Waals surface area (Å²) in [4.78, 5) is 12.0. The van der Waals surface area contributed by atoms with Crippen LogP contribution in [0.25, 0.3) is 10.8 Å². The van der Waals surface area contributed by atoms with Gasteiger partial charge in [-0.15, -0.1) is 0 Å². The Morgan fingerprint density at radius 1 is 0.750 bits per heavy atom. The summed E-state index contributed by atoms with van der Waals surface area (Å²) in [7, 11) is 0. The third-order valence-corrected chi connectivity index (χ3v) is 3.79. The Balaban J connectivity index is 1.96. The topological polar surface area (TPSA) is 26.3 Å². The monoisotopic (exact) mass is 260 g/mol. The molecule has 0 amide bonds. The van der Waals surface area contributed by atoms with Gasteiger partial charge in [-0.3, -0.25) is 0 Å². The van der Waals surface area contributed by atoms with Gasteiger partial charge in [0.15, 0.2) is 6.10 Å². The Morgan fingerprint density at radius 3 is 2.40 bits per heavy atom. The van der Waals surface area contributed by atoms with Gasteiger partial charge in [-0.2, -0.15) is 0 Å². The highest BCUT2D eigenvalue weighted by atomic mass is 16.5. The zero-order chi connectivity index (χ0) is 13.5. The maximum atomic E-state index is 12.0. The number of hydrogen-bond donors (Lipinski definition) is 0. The minimum absolute atomic E-state index is 0.237. The fourth-order valence-corrected chi connectivity index (χ4v) is 2.86. The summed E-state index contributed by atoms with van der Waals surface area (Å²) in [6.07, 6.45) is -0.301. The molecule has 1 aliphatic rings. The molecule has 0 fully saturated rings. The molecule has 0 aromatic heterocycles. The Morgan fingerprint density at radius 2 is 1.45 bits per heavy atom. The molecule has 0 saturated carbocycles. The fourth-order valence-electron chi connectivity index (χ4n) is 2.86. The molecule has 0 aliphatic carbocycles. The van der Waals surface area contributed by atoms with Gasteiger partial charge in [0.05, 0.1) is 5.56 Å². The van der Waals surface area contributed by atoms with Crippen molar-refractivity contribution >= 4 is 16.7 Å². The second-order valence-electron chi connectivity index (χ2n) is 4.94. The van der Waals surface area contributed by atoms with Crippen molar-refractivity contribution in [2.75, 3.05) is 0 Å². The second-order valence-corrected chi connectivity index (χ2v) is 4.94. The van der Waals surface area contributed by atoms with E-state index in [4.69, 9.17) is 4.74 Å². The fraction of sp³-hybridized carbons (Fsp3) is 0.0556. The van der Waals surface area contributed by atoms with Gasteiger partial charge in [-0.25, -0.2) is 4.79 Å². The van der Waals surface area contributed by atoms with Crippen molar-refractivity contribution in [1.82, 2.24) is 0 Å². The molecule has 1 heterocycles. The maximum absolute atomic E-state index is 12.0. The highest BCUT2D eigenvalue weighted by Crippen LogP contribution is 2.38. The number of cyclic esters (lactones) is 1. The summed E-state index contributed by atoms with van der Waals surface area (Å²) in [5.74, 6) is -0.237. The molecule has 0 bridgehead atoms. The van der Waals surface area contributed by atoms with Gasteiger partial charge >= 0.3 is 5.97 Å². The summed E-state index contributed by atoms with van der Waals surface area (Å²) >= 11 is 0. The molecule has 3 aromatic carbocycles. The molecule has 3 aromatic rings. The van der Waals surface area contributed by atoms with E-state index in [2.05, 4.69) is 18.2 Å². The van der Waals surface area contributed by atoms with E-state index in [-0.39, 0.29) is 12.1 Å². The smallest absolute Gasteiger partial charge is 0.339 e. The summed E-state index contributed by atoms with van der Waals surface area (Å²) in [5, 5.41) is 2.29. The first kappa shape index (κ1) is 11.2. The van der Waals surface area contributed by atoms with Crippen LogP contribution < -0.4 is 0 Å². The van der Waals surface area contributed by atoms with Crippen LogP contribution in [0.4, 0.5) is 0 Å². The lowest BCUT2D eigenvalue weighted by Gasteiger charge is -2.14. The number of carbonyl (C=O) groups is 1. The van der Waals surface area contributed by atoms with Gasteiger partial charge in [0.1, 0.15) is 0 Å². The van der Waals surface area contributed by atoms with E-state index < -0.39 is 0 Å². The summed E-state index contributed by atoms with van der Waals surface area (Å²) in [5.41, 5.74) is 2.67. The minimum Gasteiger partial charge on any atom is -0.449 e. The van der Waals surface area contributed by atoms with E-state index in [0.29, 0.717) is 5.56 Å². The predicted molar refractivity (Wildman–Crippen MR) is 77.6 cm³/mol. The maximum Gasteiger partial charge on any atom is 0.339 e. The molecular weight excluding hydrogens is 248 g/mol. The van der Waals surface area contributed by atoms with Crippen LogP contribution in [-0.4, -0.2) is 5.97 Å². The number of benzene rings is 3. The molecular formula is C18H12O2. The van der Waals surface area contributed by atoms with Gasteiger partial charge in [-0.05, 0) is 16.8 Å². The Hall–Kier alpha value is -2.61. The predicted octanol–water partition coefficient (Wildman–Crippen LogP) is 4.10. The number of fused-ring (bicyclic) bond motifs is 2. The Kier molecular flexibility index (Phi) is 2.36. The molecule has 0 N–H and O–H groups in total. The summed E-state index contributed by atoms with van der Waals surface area (Å²) in [6, 6.07) is 21.9. The lowest BCUT2D eigenvalue weighted by Crippen LogP contribution is -2.01. The Bertz CT molecular complexity index is 815. The molecule has 1 aliphatic heterocycles. The zero-order valence-electron chi connectivity index (χ0n) is 10.7. The van der Waals surface area contributed by atoms with E-state index in [1.54, 1.807) is 0 Å². The average Bonchev–Trinajstić information content (AvgIpc) is 2.84. The average molecular weight is 260 g/mol. The van der Waals surface area contributed by atoms with Crippen molar-refractivity contribution in [1.29, 1.82) is 0 Å². The normalized spacial score (nSPS) is 17.0. The van der Waals surface area contributed by atoms with Crippen LogP contribution in [0.1, 0.15) is 27.6 Å². The lowest BCUT2D eigenvalue weighted by molar-refractivity contribution is 0.0458. The van der Waals surface area contributed by atoms with E-state index in [1.807, 2.05) is 48.5 Å². The number of ether oxygens (including phenoxy) is 1. The van der Waals surface area contributed by atoms with Crippen molar-refractivity contribution < 1.29 is 9.53 Å². The molecule has 2 nitrogen and oxygen atoms in total. The number of rotatable bonds is 1. The first-order chi connectivity index (χ1) is 9.84. The first-order valence-corrected chi connectivity index (χ1v) is 6.62. The molecule has 96 valence electrons. The summed E-state index contributed by atoms with van der Waals surface area (Å²) < 4.78 is 5.59. The third-order valence-electron chi connectivity index (χ3n) is 3.79.